The molecule has 0 saturated heterocycles. The number of alkyl halides is 6. The monoisotopic (exact) mass is 463 g/mol. The lowest BCUT2D eigenvalue weighted by molar-refractivity contribution is -0.138. The number of fused-ring (bicyclic) bond motifs is 1. The van der Waals surface area contributed by atoms with Gasteiger partial charge in [-0.15, -0.1) is 0 Å². The van der Waals surface area contributed by atoms with Crippen LogP contribution < -0.4 is 5.32 Å². The van der Waals surface area contributed by atoms with E-state index in [9.17, 15) is 26.3 Å². The number of aryl methyl sites for hydroxylation is 1. The maximum atomic E-state index is 13.4. The molecule has 4 aromatic rings. The van der Waals surface area contributed by atoms with Crippen molar-refractivity contribution in [3.63, 3.8) is 0 Å². The van der Waals surface area contributed by atoms with Gasteiger partial charge in [-0.2, -0.15) is 26.3 Å². The van der Waals surface area contributed by atoms with Gasteiger partial charge in [-0.05, 0) is 48.9 Å². The van der Waals surface area contributed by atoms with E-state index in [2.05, 4.69) is 25.3 Å². The number of nitrogens with one attached hydrogen (secondary N) is 1. The van der Waals surface area contributed by atoms with Crippen molar-refractivity contribution in [2.75, 3.05) is 5.32 Å². The number of halogens is 6. The van der Waals surface area contributed by atoms with Crippen molar-refractivity contribution >= 4 is 22.5 Å². The highest BCUT2D eigenvalue weighted by atomic mass is 19.4. The van der Waals surface area contributed by atoms with E-state index in [1.807, 2.05) is 6.92 Å². The minimum Gasteiger partial charge on any atom is -0.340 e. The molecule has 1 N–H and O–H groups in total. The van der Waals surface area contributed by atoms with Crippen LogP contribution in [0.4, 0.5) is 37.8 Å². The molecule has 0 bridgehead atoms. The molecule has 4 heterocycles. The molecule has 0 atom stereocenters. The molecule has 11 heteroatoms. The lowest BCUT2D eigenvalue weighted by atomic mass is 10.1. The third kappa shape index (κ3) is 4.71. The van der Waals surface area contributed by atoms with E-state index in [0.717, 1.165) is 12.1 Å². The van der Waals surface area contributed by atoms with Crippen molar-refractivity contribution in [2.24, 2.45) is 0 Å². The van der Waals surface area contributed by atoms with Crippen LogP contribution in [0, 0.1) is 0 Å². The van der Waals surface area contributed by atoms with Gasteiger partial charge in [0.2, 0.25) is 0 Å². The number of hydrogen-bond donors (Lipinski definition) is 1. The molecule has 0 radical (unpaired) electrons. The van der Waals surface area contributed by atoms with Gasteiger partial charge in [0.25, 0.3) is 0 Å². The molecule has 0 aromatic carbocycles. The number of pyridine rings is 4. The first-order valence-electron chi connectivity index (χ1n) is 9.70. The molecule has 0 spiro atoms. The Kier molecular flexibility index (Phi) is 5.64. The number of hydrogen-bond acceptors (Lipinski definition) is 5. The van der Waals surface area contributed by atoms with Crippen LogP contribution in [0.15, 0.2) is 54.9 Å². The van der Waals surface area contributed by atoms with Gasteiger partial charge in [-0.3, -0.25) is 4.98 Å². The summed E-state index contributed by atoms with van der Waals surface area (Å²) in [6, 6.07) is 8.81. The van der Waals surface area contributed by atoms with Crippen LogP contribution in [0.1, 0.15) is 23.7 Å². The van der Waals surface area contributed by atoms with Crippen LogP contribution in [-0.4, -0.2) is 19.9 Å². The standard InChI is InChI=1S/C22H15F6N5/c1-2-13-10-17(32-18-8-5-12(11-30-18)21(23,24)25)14-6-7-16(33-20(14)31-13)19-15(22(26,27)28)4-3-9-29-19/h3-11H,2H2,1H3,(H,30,31,32,33). The Morgan fingerprint density at radius 2 is 1.67 bits per heavy atom. The molecule has 4 rings (SSSR count). The van der Waals surface area contributed by atoms with E-state index >= 15 is 0 Å². The van der Waals surface area contributed by atoms with Gasteiger partial charge in [0.15, 0.2) is 5.65 Å². The number of anilines is 2. The average Bonchev–Trinajstić information content (AvgIpc) is 2.77. The van der Waals surface area contributed by atoms with Gasteiger partial charge in [0.05, 0.1) is 22.5 Å². The van der Waals surface area contributed by atoms with Gasteiger partial charge >= 0.3 is 12.4 Å². The number of rotatable bonds is 4. The summed E-state index contributed by atoms with van der Waals surface area (Å²) >= 11 is 0. The highest BCUT2D eigenvalue weighted by Crippen LogP contribution is 2.36. The van der Waals surface area contributed by atoms with Crippen molar-refractivity contribution < 1.29 is 26.3 Å². The second-order valence-electron chi connectivity index (χ2n) is 7.03. The summed E-state index contributed by atoms with van der Waals surface area (Å²) in [6.45, 7) is 1.83. The summed E-state index contributed by atoms with van der Waals surface area (Å²) in [6.07, 6.45) is -6.67. The summed E-state index contributed by atoms with van der Waals surface area (Å²) in [5, 5.41) is 3.40. The van der Waals surface area contributed by atoms with Crippen LogP contribution in [0.25, 0.3) is 22.4 Å². The van der Waals surface area contributed by atoms with Crippen molar-refractivity contribution in [1.29, 1.82) is 0 Å². The van der Waals surface area contributed by atoms with Crippen molar-refractivity contribution in [2.45, 2.75) is 25.7 Å². The molecule has 0 saturated carbocycles. The van der Waals surface area contributed by atoms with Gasteiger partial charge in [-0.25, -0.2) is 15.0 Å². The Labute approximate surface area is 183 Å². The van der Waals surface area contributed by atoms with Crippen LogP contribution in [0.5, 0.6) is 0 Å². The summed E-state index contributed by atoms with van der Waals surface area (Å²) in [7, 11) is 0. The minimum atomic E-state index is -4.61. The molecular formula is C22H15F6N5. The zero-order valence-corrected chi connectivity index (χ0v) is 17.0. The second-order valence-corrected chi connectivity index (χ2v) is 7.03. The first kappa shape index (κ1) is 22.4. The molecular weight excluding hydrogens is 448 g/mol. The Bertz CT molecular complexity index is 1300. The Morgan fingerprint density at radius 3 is 2.30 bits per heavy atom. The molecule has 170 valence electrons. The van der Waals surface area contributed by atoms with E-state index in [4.69, 9.17) is 0 Å². The highest BCUT2D eigenvalue weighted by molar-refractivity contribution is 5.92. The predicted octanol–water partition coefficient (Wildman–Crippen LogP) is 6.43. The molecule has 0 aliphatic rings. The highest BCUT2D eigenvalue weighted by Gasteiger charge is 2.34. The first-order valence-corrected chi connectivity index (χ1v) is 9.70. The lowest BCUT2D eigenvalue weighted by Crippen LogP contribution is -2.09. The molecule has 0 fully saturated rings. The first-order chi connectivity index (χ1) is 15.6. The summed E-state index contributed by atoms with van der Waals surface area (Å²) in [4.78, 5) is 16.3. The van der Waals surface area contributed by atoms with Gasteiger partial charge in [-0.1, -0.05) is 6.92 Å². The zero-order valence-electron chi connectivity index (χ0n) is 17.0. The Morgan fingerprint density at radius 1 is 0.879 bits per heavy atom. The smallest absolute Gasteiger partial charge is 0.340 e. The second kappa shape index (κ2) is 8.30. The fourth-order valence-corrected chi connectivity index (χ4v) is 3.18. The van der Waals surface area contributed by atoms with Gasteiger partial charge in [0, 0.05) is 23.5 Å². The summed E-state index contributed by atoms with van der Waals surface area (Å²) in [5.41, 5.74) is -0.928. The van der Waals surface area contributed by atoms with E-state index < -0.39 is 23.5 Å². The van der Waals surface area contributed by atoms with E-state index in [0.29, 0.717) is 29.4 Å². The maximum absolute atomic E-state index is 13.4. The largest absolute Gasteiger partial charge is 0.418 e. The molecule has 5 nitrogen and oxygen atoms in total. The van der Waals surface area contributed by atoms with Crippen LogP contribution >= 0.6 is 0 Å². The molecule has 0 unspecified atom stereocenters. The normalized spacial score (nSPS) is 12.2. The van der Waals surface area contributed by atoms with E-state index in [-0.39, 0.29) is 22.9 Å². The van der Waals surface area contributed by atoms with Crippen molar-refractivity contribution in [1.82, 2.24) is 19.9 Å². The molecule has 0 aliphatic heterocycles. The average molecular weight is 463 g/mol. The number of aromatic nitrogens is 4. The summed E-state index contributed by atoms with van der Waals surface area (Å²) in [5.74, 6) is 0.158. The van der Waals surface area contributed by atoms with Crippen molar-refractivity contribution in [3.8, 4) is 11.4 Å². The molecule has 0 aliphatic carbocycles. The third-order valence-electron chi connectivity index (χ3n) is 4.80. The molecule has 0 amide bonds. The van der Waals surface area contributed by atoms with E-state index in [1.54, 1.807) is 6.07 Å². The van der Waals surface area contributed by atoms with Crippen LogP contribution in [-0.2, 0) is 18.8 Å². The zero-order chi connectivity index (χ0) is 23.8. The topological polar surface area (TPSA) is 63.6 Å². The third-order valence-corrected chi connectivity index (χ3v) is 4.80. The van der Waals surface area contributed by atoms with Crippen LogP contribution in [0.3, 0.4) is 0 Å². The van der Waals surface area contributed by atoms with E-state index in [1.165, 1.54) is 30.5 Å². The number of nitrogens with zero attached hydrogens (tertiary/aromatic N) is 4. The molecule has 33 heavy (non-hydrogen) atoms. The van der Waals surface area contributed by atoms with Crippen LogP contribution in [0.2, 0.25) is 0 Å². The van der Waals surface area contributed by atoms with Gasteiger partial charge in [0.1, 0.15) is 11.5 Å². The lowest BCUT2D eigenvalue weighted by Gasteiger charge is -2.14. The minimum absolute atomic E-state index is 0.00483. The summed E-state index contributed by atoms with van der Waals surface area (Å²) < 4.78 is 78.6. The maximum Gasteiger partial charge on any atom is 0.418 e. The Hall–Kier alpha value is -3.76. The SMILES string of the molecule is CCc1cc(Nc2ccc(C(F)(F)F)cn2)c2ccc(-c3ncccc3C(F)(F)F)nc2n1. The quantitative estimate of drug-likeness (QED) is 0.354. The van der Waals surface area contributed by atoms with Crippen molar-refractivity contribution in [3.05, 3.63) is 71.7 Å². The van der Waals surface area contributed by atoms with Gasteiger partial charge < -0.3 is 5.32 Å². The fourth-order valence-electron chi connectivity index (χ4n) is 3.18. The fraction of sp³-hybridized carbons (Fsp3) is 0.182. The Balaban J connectivity index is 1.77. The molecule has 4 aromatic heterocycles. The predicted molar refractivity (Wildman–Crippen MR) is 110 cm³/mol.